The Kier molecular flexibility index (Phi) is 4.77. The number of hydrogen-bond donors (Lipinski definition) is 2. The maximum atomic E-state index is 11.6. The quantitative estimate of drug-likeness (QED) is 0.751. The van der Waals surface area contributed by atoms with Gasteiger partial charge < -0.3 is 10.6 Å². The van der Waals surface area contributed by atoms with Crippen LogP contribution in [0.2, 0.25) is 0 Å². The van der Waals surface area contributed by atoms with Crippen LogP contribution in [-0.4, -0.2) is 30.0 Å². The zero-order chi connectivity index (χ0) is 11.1. The molecule has 4 heteroatoms. The molecule has 1 atom stereocenters. The Hall–Kier alpha value is -1.42. The minimum Gasteiger partial charge on any atom is -0.350 e. The Labute approximate surface area is 90.1 Å². The second-order valence-electron chi connectivity index (χ2n) is 3.40. The Morgan fingerprint density at radius 2 is 2.13 bits per heavy atom. The molecule has 0 fully saturated rings. The average molecular weight is 207 g/mol. The van der Waals surface area contributed by atoms with Gasteiger partial charge in [0.15, 0.2) is 0 Å². The highest BCUT2D eigenvalue weighted by Crippen LogP contribution is 1.95. The van der Waals surface area contributed by atoms with Crippen LogP contribution in [0.15, 0.2) is 24.5 Å². The summed E-state index contributed by atoms with van der Waals surface area (Å²) in [5, 5.41) is 6.08. The fourth-order valence-electron chi connectivity index (χ4n) is 1.27. The standard InChI is InChI=1S/C11H17N3O/c1-3-13-9(2)8-14-11(15)10-4-6-12-7-5-10/h4-7,9,13H,3,8H2,1-2H3,(H,14,15)/t9-/m1/s1. The van der Waals surface area contributed by atoms with Crippen molar-refractivity contribution in [1.82, 2.24) is 15.6 Å². The van der Waals surface area contributed by atoms with Gasteiger partial charge in [-0.3, -0.25) is 9.78 Å². The molecule has 0 spiro atoms. The molecule has 15 heavy (non-hydrogen) atoms. The third-order valence-electron chi connectivity index (χ3n) is 2.06. The van der Waals surface area contributed by atoms with Crippen LogP contribution >= 0.6 is 0 Å². The number of rotatable bonds is 5. The Morgan fingerprint density at radius 3 is 2.73 bits per heavy atom. The summed E-state index contributed by atoms with van der Waals surface area (Å²) in [4.78, 5) is 15.4. The topological polar surface area (TPSA) is 54.0 Å². The molecule has 1 aromatic heterocycles. The normalized spacial score (nSPS) is 12.1. The number of carbonyl (C=O) groups is 1. The van der Waals surface area contributed by atoms with Gasteiger partial charge in [0, 0.05) is 30.5 Å². The van der Waals surface area contributed by atoms with Crippen molar-refractivity contribution in [3.05, 3.63) is 30.1 Å². The van der Waals surface area contributed by atoms with Gasteiger partial charge in [-0.25, -0.2) is 0 Å². The predicted molar refractivity (Wildman–Crippen MR) is 59.7 cm³/mol. The molecular weight excluding hydrogens is 190 g/mol. The lowest BCUT2D eigenvalue weighted by Crippen LogP contribution is -2.38. The van der Waals surface area contributed by atoms with E-state index in [0.29, 0.717) is 18.2 Å². The molecule has 1 amide bonds. The first-order valence-corrected chi connectivity index (χ1v) is 5.15. The van der Waals surface area contributed by atoms with Crippen LogP contribution < -0.4 is 10.6 Å². The van der Waals surface area contributed by atoms with Crippen molar-refractivity contribution < 1.29 is 4.79 Å². The van der Waals surface area contributed by atoms with E-state index in [0.717, 1.165) is 6.54 Å². The molecule has 1 heterocycles. The summed E-state index contributed by atoms with van der Waals surface area (Å²) >= 11 is 0. The highest BCUT2D eigenvalue weighted by molar-refractivity contribution is 5.93. The van der Waals surface area contributed by atoms with E-state index in [9.17, 15) is 4.79 Å². The lowest BCUT2D eigenvalue weighted by atomic mass is 10.2. The summed E-state index contributed by atoms with van der Waals surface area (Å²) in [6.45, 7) is 5.62. The van der Waals surface area contributed by atoms with Gasteiger partial charge in [0.1, 0.15) is 0 Å². The van der Waals surface area contributed by atoms with E-state index < -0.39 is 0 Å². The number of nitrogens with one attached hydrogen (secondary N) is 2. The highest BCUT2D eigenvalue weighted by atomic mass is 16.1. The van der Waals surface area contributed by atoms with Gasteiger partial charge in [-0.15, -0.1) is 0 Å². The van der Waals surface area contributed by atoms with Crippen LogP contribution in [0, 0.1) is 0 Å². The molecule has 0 unspecified atom stereocenters. The molecule has 0 aromatic carbocycles. The molecule has 0 aliphatic carbocycles. The minimum absolute atomic E-state index is 0.0536. The van der Waals surface area contributed by atoms with Gasteiger partial charge in [0.25, 0.3) is 5.91 Å². The molecule has 1 aromatic rings. The van der Waals surface area contributed by atoms with Gasteiger partial charge in [-0.05, 0) is 25.6 Å². The van der Waals surface area contributed by atoms with E-state index in [1.54, 1.807) is 24.5 Å². The molecule has 4 nitrogen and oxygen atoms in total. The molecule has 0 radical (unpaired) electrons. The first-order chi connectivity index (χ1) is 7.24. The van der Waals surface area contributed by atoms with Crippen LogP contribution in [0.25, 0.3) is 0 Å². The van der Waals surface area contributed by atoms with Crippen molar-refractivity contribution in [2.75, 3.05) is 13.1 Å². The molecule has 0 bridgehead atoms. The number of aromatic nitrogens is 1. The molecule has 1 rings (SSSR count). The molecule has 0 aliphatic rings. The van der Waals surface area contributed by atoms with E-state index in [4.69, 9.17) is 0 Å². The average Bonchev–Trinajstić information content (AvgIpc) is 2.27. The fourth-order valence-corrected chi connectivity index (χ4v) is 1.27. The SMILES string of the molecule is CCN[C@H](C)CNC(=O)c1ccncc1. The molecule has 0 saturated carbocycles. The number of carbonyl (C=O) groups excluding carboxylic acids is 1. The van der Waals surface area contributed by atoms with Crippen LogP contribution in [-0.2, 0) is 0 Å². The van der Waals surface area contributed by atoms with E-state index >= 15 is 0 Å². The summed E-state index contributed by atoms with van der Waals surface area (Å²) in [6, 6.07) is 3.70. The van der Waals surface area contributed by atoms with Crippen molar-refractivity contribution in [1.29, 1.82) is 0 Å². The first-order valence-electron chi connectivity index (χ1n) is 5.15. The molecule has 0 saturated heterocycles. The summed E-state index contributed by atoms with van der Waals surface area (Å²) in [7, 11) is 0. The van der Waals surface area contributed by atoms with E-state index in [2.05, 4.69) is 15.6 Å². The Morgan fingerprint density at radius 1 is 1.47 bits per heavy atom. The van der Waals surface area contributed by atoms with Crippen molar-refractivity contribution in [2.45, 2.75) is 19.9 Å². The van der Waals surface area contributed by atoms with E-state index in [1.165, 1.54) is 0 Å². The lowest BCUT2D eigenvalue weighted by Gasteiger charge is -2.12. The maximum Gasteiger partial charge on any atom is 0.251 e. The molecule has 2 N–H and O–H groups in total. The summed E-state index contributed by atoms with van der Waals surface area (Å²) < 4.78 is 0. The van der Waals surface area contributed by atoms with Crippen molar-refractivity contribution in [2.24, 2.45) is 0 Å². The van der Waals surface area contributed by atoms with Gasteiger partial charge in [0.2, 0.25) is 0 Å². The maximum absolute atomic E-state index is 11.6. The fraction of sp³-hybridized carbons (Fsp3) is 0.455. The van der Waals surface area contributed by atoms with Crippen LogP contribution in [0.3, 0.4) is 0 Å². The predicted octanol–water partition coefficient (Wildman–Crippen LogP) is 0.809. The molecule has 0 aliphatic heterocycles. The summed E-state index contributed by atoms with van der Waals surface area (Å²) in [5.74, 6) is -0.0536. The third-order valence-corrected chi connectivity index (χ3v) is 2.06. The number of pyridine rings is 1. The van der Waals surface area contributed by atoms with Gasteiger partial charge in [-0.1, -0.05) is 6.92 Å². The Balaban J connectivity index is 2.37. The largest absolute Gasteiger partial charge is 0.350 e. The van der Waals surface area contributed by atoms with Crippen LogP contribution in [0.4, 0.5) is 0 Å². The lowest BCUT2D eigenvalue weighted by molar-refractivity contribution is 0.0950. The summed E-state index contributed by atoms with van der Waals surface area (Å²) in [5.41, 5.74) is 0.647. The van der Waals surface area contributed by atoms with Crippen molar-refractivity contribution in [3.8, 4) is 0 Å². The number of hydrogen-bond acceptors (Lipinski definition) is 3. The Bertz CT molecular complexity index is 300. The van der Waals surface area contributed by atoms with Gasteiger partial charge in [0.05, 0.1) is 0 Å². The third kappa shape index (κ3) is 4.08. The second kappa shape index (κ2) is 6.14. The van der Waals surface area contributed by atoms with E-state index in [1.807, 2.05) is 13.8 Å². The van der Waals surface area contributed by atoms with Crippen molar-refractivity contribution in [3.63, 3.8) is 0 Å². The summed E-state index contributed by atoms with van der Waals surface area (Å²) in [6.07, 6.45) is 3.23. The van der Waals surface area contributed by atoms with E-state index in [-0.39, 0.29) is 5.91 Å². The van der Waals surface area contributed by atoms with Crippen molar-refractivity contribution >= 4 is 5.91 Å². The zero-order valence-corrected chi connectivity index (χ0v) is 9.16. The smallest absolute Gasteiger partial charge is 0.251 e. The van der Waals surface area contributed by atoms with Crippen LogP contribution in [0.1, 0.15) is 24.2 Å². The number of amides is 1. The monoisotopic (exact) mass is 207 g/mol. The first kappa shape index (κ1) is 11.7. The van der Waals surface area contributed by atoms with Crippen LogP contribution in [0.5, 0.6) is 0 Å². The highest BCUT2D eigenvalue weighted by Gasteiger charge is 2.05. The molecular formula is C11H17N3O. The second-order valence-corrected chi connectivity index (χ2v) is 3.40. The number of nitrogens with zero attached hydrogens (tertiary/aromatic N) is 1. The minimum atomic E-state index is -0.0536. The number of likely N-dealkylation sites (N-methyl/N-ethyl adjacent to an activating group) is 1. The van der Waals surface area contributed by atoms with Gasteiger partial charge >= 0.3 is 0 Å². The zero-order valence-electron chi connectivity index (χ0n) is 9.16. The van der Waals surface area contributed by atoms with Gasteiger partial charge in [-0.2, -0.15) is 0 Å². The molecule has 82 valence electrons.